The first kappa shape index (κ1) is 11.2. The first-order valence-corrected chi connectivity index (χ1v) is 5.79. The highest BCUT2D eigenvalue weighted by Gasteiger charge is 2.24. The smallest absolute Gasteiger partial charge is 0.223 e. The topological polar surface area (TPSA) is 54.3 Å². The maximum Gasteiger partial charge on any atom is 0.223 e. The molecule has 1 fully saturated rings. The molecule has 1 aromatic rings. The Bertz CT molecular complexity index is 335. The summed E-state index contributed by atoms with van der Waals surface area (Å²) >= 11 is 0. The number of hydrogen-bond acceptors (Lipinski definition) is 3. The van der Waals surface area contributed by atoms with E-state index in [-0.39, 0.29) is 11.8 Å². The van der Waals surface area contributed by atoms with Crippen molar-refractivity contribution in [2.75, 3.05) is 6.54 Å². The Balaban J connectivity index is 1.79. The van der Waals surface area contributed by atoms with Crippen LogP contribution in [0.3, 0.4) is 0 Å². The molecule has 0 radical (unpaired) electrons. The van der Waals surface area contributed by atoms with Crippen LogP contribution < -0.4 is 10.6 Å². The lowest BCUT2D eigenvalue weighted by atomic mass is 9.92. The largest absolute Gasteiger partial charge is 0.467 e. The third kappa shape index (κ3) is 2.85. The van der Waals surface area contributed by atoms with E-state index in [0.717, 1.165) is 25.1 Å². The zero-order valence-corrected chi connectivity index (χ0v) is 9.53. The molecule has 0 spiro atoms. The van der Waals surface area contributed by atoms with E-state index in [4.69, 9.17) is 4.42 Å². The van der Waals surface area contributed by atoms with Crippen LogP contribution in [-0.4, -0.2) is 18.5 Å². The molecule has 1 aliphatic rings. The maximum atomic E-state index is 11.9. The number of carbonyl (C=O) groups is 1. The van der Waals surface area contributed by atoms with Gasteiger partial charge >= 0.3 is 0 Å². The third-order valence-electron chi connectivity index (χ3n) is 3.01. The first-order chi connectivity index (χ1) is 7.75. The van der Waals surface area contributed by atoms with E-state index in [1.165, 1.54) is 0 Å². The van der Waals surface area contributed by atoms with Gasteiger partial charge in [0.1, 0.15) is 5.76 Å². The van der Waals surface area contributed by atoms with Crippen LogP contribution in [0.5, 0.6) is 0 Å². The Morgan fingerprint density at radius 3 is 3.25 bits per heavy atom. The summed E-state index contributed by atoms with van der Waals surface area (Å²) in [5.41, 5.74) is 0. The van der Waals surface area contributed by atoms with Gasteiger partial charge in [-0.2, -0.15) is 0 Å². The van der Waals surface area contributed by atoms with Crippen molar-refractivity contribution in [3.63, 3.8) is 0 Å². The zero-order chi connectivity index (χ0) is 11.4. The zero-order valence-electron chi connectivity index (χ0n) is 9.53. The molecule has 16 heavy (non-hydrogen) atoms. The van der Waals surface area contributed by atoms with Crippen LogP contribution in [0, 0.1) is 5.92 Å². The summed E-state index contributed by atoms with van der Waals surface area (Å²) in [5, 5.41) is 6.25. The number of hydrogen-bond donors (Lipinski definition) is 2. The molecule has 1 aliphatic heterocycles. The Morgan fingerprint density at radius 2 is 2.56 bits per heavy atom. The van der Waals surface area contributed by atoms with E-state index in [0.29, 0.717) is 12.6 Å². The predicted molar refractivity (Wildman–Crippen MR) is 60.7 cm³/mol. The summed E-state index contributed by atoms with van der Waals surface area (Å²) in [6.45, 7) is 3.54. The van der Waals surface area contributed by atoms with Gasteiger partial charge in [-0.05, 0) is 38.4 Å². The number of carbonyl (C=O) groups excluding carboxylic acids is 1. The van der Waals surface area contributed by atoms with Crippen molar-refractivity contribution in [2.24, 2.45) is 5.92 Å². The van der Waals surface area contributed by atoms with Crippen LogP contribution in [0.4, 0.5) is 0 Å². The molecule has 2 heterocycles. The molecule has 1 aromatic heterocycles. The predicted octanol–water partition coefficient (Wildman–Crippen LogP) is 1.28. The van der Waals surface area contributed by atoms with Crippen molar-refractivity contribution in [2.45, 2.75) is 32.4 Å². The molecule has 1 saturated heterocycles. The minimum absolute atomic E-state index is 0.143. The standard InChI is InChI=1S/C12H18N2O2/c1-9-7-10(4-5-13-9)12(15)14-8-11-3-2-6-16-11/h2-3,6,9-10,13H,4-5,7-8H2,1H3,(H,14,15)/t9-,10-/m0/s1. The molecule has 2 rings (SSSR count). The fourth-order valence-corrected chi connectivity index (χ4v) is 2.10. The van der Waals surface area contributed by atoms with Gasteiger partial charge in [-0.15, -0.1) is 0 Å². The molecular formula is C12H18N2O2. The van der Waals surface area contributed by atoms with Gasteiger partial charge in [0.2, 0.25) is 5.91 Å². The average molecular weight is 222 g/mol. The van der Waals surface area contributed by atoms with Gasteiger partial charge in [-0.1, -0.05) is 0 Å². The second-order valence-electron chi connectivity index (χ2n) is 4.37. The van der Waals surface area contributed by atoms with E-state index in [2.05, 4.69) is 17.6 Å². The van der Waals surface area contributed by atoms with Crippen LogP contribution in [-0.2, 0) is 11.3 Å². The van der Waals surface area contributed by atoms with Gasteiger partial charge in [-0.25, -0.2) is 0 Å². The highest BCUT2D eigenvalue weighted by atomic mass is 16.3. The van der Waals surface area contributed by atoms with Crippen molar-refractivity contribution in [3.8, 4) is 0 Å². The molecule has 4 heteroatoms. The van der Waals surface area contributed by atoms with Crippen LogP contribution in [0.1, 0.15) is 25.5 Å². The molecule has 0 aliphatic carbocycles. The van der Waals surface area contributed by atoms with Crippen LogP contribution in [0.2, 0.25) is 0 Å². The molecule has 4 nitrogen and oxygen atoms in total. The van der Waals surface area contributed by atoms with E-state index >= 15 is 0 Å². The molecule has 2 atom stereocenters. The third-order valence-corrected chi connectivity index (χ3v) is 3.01. The monoisotopic (exact) mass is 222 g/mol. The Hall–Kier alpha value is -1.29. The van der Waals surface area contributed by atoms with Gasteiger partial charge in [-0.3, -0.25) is 4.79 Å². The van der Waals surface area contributed by atoms with Crippen molar-refractivity contribution in [1.29, 1.82) is 0 Å². The molecule has 2 N–H and O–H groups in total. The highest BCUT2D eigenvalue weighted by molar-refractivity contribution is 5.78. The summed E-state index contributed by atoms with van der Waals surface area (Å²) in [6, 6.07) is 4.13. The van der Waals surface area contributed by atoms with Gasteiger partial charge in [0.15, 0.2) is 0 Å². The Morgan fingerprint density at radius 1 is 1.69 bits per heavy atom. The maximum absolute atomic E-state index is 11.9. The number of rotatable bonds is 3. The molecule has 1 amide bonds. The number of piperidine rings is 1. The van der Waals surface area contributed by atoms with Crippen molar-refractivity contribution < 1.29 is 9.21 Å². The minimum Gasteiger partial charge on any atom is -0.467 e. The average Bonchev–Trinajstić information content (AvgIpc) is 2.78. The first-order valence-electron chi connectivity index (χ1n) is 5.79. The van der Waals surface area contributed by atoms with Crippen molar-refractivity contribution in [3.05, 3.63) is 24.2 Å². The number of nitrogens with one attached hydrogen (secondary N) is 2. The SMILES string of the molecule is C[C@H]1C[C@@H](C(=O)NCc2ccco2)CCN1. The highest BCUT2D eigenvalue weighted by Crippen LogP contribution is 2.16. The molecule has 0 saturated carbocycles. The summed E-state index contributed by atoms with van der Waals surface area (Å²) in [5.74, 6) is 1.09. The number of furan rings is 1. The summed E-state index contributed by atoms with van der Waals surface area (Å²) in [6.07, 6.45) is 3.46. The van der Waals surface area contributed by atoms with Crippen LogP contribution in [0.15, 0.2) is 22.8 Å². The molecule has 0 unspecified atom stereocenters. The Labute approximate surface area is 95.4 Å². The fraction of sp³-hybridized carbons (Fsp3) is 0.583. The van der Waals surface area contributed by atoms with E-state index in [1.54, 1.807) is 6.26 Å². The van der Waals surface area contributed by atoms with E-state index in [9.17, 15) is 4.79 Å². The second kappa shape index (κ2) is 5.16. The Kier molecular flexibility index (Phi) is 3.62. The number of amides is 1. The summed E-state index contributed by atoms with van der Waals surface area (Å²) < 4.78 is 5.17. The lowest BCUT2D eigenvalue weighted by molar-refractivity contribution is -0.126. The van der Waals surface area contributed by atoms with Gasteiger partial charge < -0.3 is 15.1 Å². The molecule has 0 bridgehead atoms. The summed E-state index contributed by atoms with van der Waals surface area (Å²) in [7, 11) is 0. The molecule has 0 aromatic carbocycles. The lowest BCUT2D eigenvalue weighted by Gasteiger charge is -2.26. The van der Waals surface area contributed by atoms with Gasteiger partial charge in [0.25, 0.3) is 0 Å². The summed E-state index contributed by atoms with van der Waals surface area (Å²) in [4.78, 5) is 11.9. The van der Waals surface area contributed by atoms with Gasteiger partial charge in [0.05, 0.1) is 12.8 Å². The quantitative estimate of drug-likeness (QED) is 0.810. The van der Waals surface area contributed by atoms with Crippen molar-refractivity contribution >= 4 is 5.91 Å². The normalized spacial score (nSPS) is 25.3. The van der Waals surface area contributed by atoms with Crippen LogP contribution in [0.25, 0.3) is 0 Å². The van der Waals surface area contributed by atoms with E-state index in [1.807, 2.05) is 12.1 Å². The molecular weight excluding hydrogens is 204 g/mol. The minimum atomic E-state index is 0.143. The fourth-order valence-electron chi connectivity index (χ4n) is 2.10. The van der Waals surface area contributed by atoms with Crippen LogP contribution >= 0.6 is 0 Å². The van der Waals surface area contributed by atoms with Crippen molar-refractivity contribution in [1.82, 2.24) is 10.6 Å². The lowest BCUT2D eigenvalue weighted by Crippen LogP contribution is -2.42. The molecule has 88 valence electrons. The second-order valence-corrected chi connectivity index (χ2v) is 4.37. The van der Waals surface area contributed by atoms with E-state index < -0.39 is 0 Å². The van der Waals surface area contributed by atoms with Gasteiger partial charge in [0, 0.05) is 12.0 Å².